The van der Waals surface area contributed by atoms with Gasteiger partial charge >= 0.3 is 17.9 Å². The minimum absolute atomic E-state index is 0.0939. The van der Waals surface area contributed by atoms with Gasteiger partial charge in [-0.15, -0.1) is 0 Å². The molecule has 1 unspecified atom stereocenters. The number of hydrogen-bond acceptors (Lipinski definition) is 6. The third-order valence-corrected chi connectivity index (χ3v) is 13.3. The molecule has 0 aromatic rings. The van der Waals surface area contributed by atoms with Crippen molar-refractivity contribution in [1.82, 2.24) is 0 Å². The summed E-state index contributed by atoms with van der Waals surface area (Å²) in [5.41, 5.74) is 0. The Hall–Kier alpha value is -3.67. The maximum Gasteiger partial charge on any atom is 0.306 e. The molecule has 0 spiro atoms. The van der Waals surface area contributed by atoms with Crippen LogP contribution in [0.25, 0.3) is 0 Å². The molecule has 0 fully saturated rings. The van der Waals surface area contributed by atoms with Crippen LogP contribution in [0.5, 0.6) is 0 Å². The Morgan fingerprint density at radius 3 is 0.892 bits per heavy atom. The smallest absolute Gasteiger partial charge is 0.306 e. The van der Waals surface area contributed by atoms with Crippen molar-refractivity contribution in [2.24, 2.45) is 0 Å². The Kier molecular flexibility index (Phi) is 58.8. The van der Waals surface area contributed by atoms with Crippen LogP contribution in [0.2, 0.25) is 0 Å². The zero-order valence-electron chi connectivity index (χ0n) is 48.6. The lowest BCUT2D eigenvalue weighted by Gasteiger charge is -2.18. The number of rotatable bonds is 56. The lowest BCUT2D eigenvalue weighted by atomic mass is 10.0. The summed E-state index contributed by atoms with van der Waals surface area (Å²) in [4.78, 5) is 38.2. The molecule has 0 aliphatic rings. The third-order valence-electron chi connectivity index (χ3n) is 13.3. The van der Waals surface area contributed by atoms with E-state index in [4.69, 9.17) is 14.2 Å². The molecule has 424 valence electrons. The Bertz CT molecular complexity index is 1460. The van der Waals surface area contributed by atoms with E-state index in [0.29, 0.717) is 19.3 Å². The molecular weight excluding hydrogens is 913 g/mol. The summed E-state index contributed by atoms with van der Waals surface area (Å²) in [6, 6.07) is 0. The van der Waals surface area contributed by atoms with Gasteiger partial charge in [0.25, 0.3) is 0 Å². The number of hydrogen-bond donors (Lipinski definition) is 0. The molecule has 0 radical (unpaired) electrons. The molecule has 0 aliphatic carbocycles. The van der Waals surface area contributed by atoms with Crippen molar-refractivity contribution in [3.63, 3.8) is 0 Å². The fourth-order valence-corrected chi connectivity index (χ4v) is 8.66. The summed E-state index contributed by atoms with van der Waals surface area (Å²) < 4.78 is 16.8. The zero-order valence-corrected chi connectivity index (χ0v) is 48.6. The predicted molar refractivity (Wildman–Crippen MR) is 320 cm³/mol. The predicted octanol–water partition coefficient (Wildman–Crippen LogP) is 21.3. The molecule has 0 aromatic heterocycles. The number of unbranched alkanes of at least 4 members (excludes halogenated alkanes) is 29. The van der Waals surface area contributed by atoms with E-state index in [1.54, 1.807) is 0 Å². The average Bonchev–Trinajstić information content (AvgIpc) is 3.40. The second kappa shape index (κ2) is 61.9. The fourth-order valence-electron chi connectivity index (χ4n) is 8.66. The van der Waals surface area contributed by atoms with Crippen LogP contribution in [0.1, 0.15) is 297 Å². The van der Waals surface area contributed by atoms with E-state index in [-0.39, 0.29) is 37.5 Å². The second-order valence-corrected chi connectivity index (χ2v) is 20.6. The van der Waals surface area contributed by atoms with Gasteiger partial charge in [0.15, 0.2) is 6.10 Å². The molecule has 0 aliphatic heterocycles. The minimum atomic E-state index is -0.801. The van der Waals surface area contributed by atoms with Gasteiger partial charge in [-0.05, 0) is 96.3 Å². The first-order valence-corrected chi connectivity index (χ1v) is 31.2. The van der Waals surface area contributed by atoms with Crippen LogP contribution in [-0.2, 0) is 28.6 Å². The molecular formula is C68H116O6. The van der Waals surface area contributed by atoms with Gasteiger partial charge in [-0.2, -0.15) is 0 Å². The van der Waals surface area contributed by atoms with Crippen LogP contribution in [0.15, 0.2) is 97.2 Å². The topological polar surface area (TPSA) is 78.9 Å². The van der Waals surface area contributed by atoms with E-state index in [1.165, 1.54) is 161 Å². The summed E-state index contributed by atoms with van der Waals surface area (Å²) in [5, 5.41) is 0. The largest absolute Gasteiger partial charge is 0.462 e. The van der Waals surface area contributed by atoms with Gasteiger partial charge in [-0.3, -0.25) is 14.4 Å². The van der Waals surface area contributed by atoms with Crippen molar-refractivity contribution in [2.45, 2.75) is 303 Å². The molecule has 6 heteroatoms. The van der Waals surface area contributed by atoms with Crippen LogP contribution < -0.4 is 0 Å². The third kappa shape index (κ3) is 59.2. The minimum Gasteiger partial charge on any atom is -0.462 e. The molecule has 6 nitrogen and oxygen atoms in total. The lowest BCUT2D eigenvalue weighted by molar-refractivity contribution is -0.167. The van der Waals surface area contributed by atoms with E-state index < -0.39 is 6.10 Å². The molecule has 0 heterocycles. The number of ether oxygens (including phenoxy) is 3. The molecule has 0 N–H and O–H groups in total. The highest BCUT2D eigenvalue weighted by Crippen LogP contribution is 2.16. The highest BCUT2D eigenvalue weighted by molar-refractivity contribution is 5.71. The number of carbonyl (C=O) groups is 3. The van der Waals surface area contributed by atoms with E-state index in [0.717, 1.165) is 89.9 Å². The van der Waals surface area contributed by atoms with Gasteiger partial charge in [0.05, 0.1) is 0 Å². The summed E-state index contributed by atoms with van der Waals surface area (Å²) in [6.45, 7) is 6.49. The van der Waals surface area contributed by atoms with Crippen molar-refractivity contribution in [2.75, 3.05) is 13.2 Å². The standard InChI is InChI=1S/C68H116O6/c1-4-7-10-13-16-19-22-24-26-28-30-32-34-36-38-40-42-44-46-49-52-55-58-61-67(70)73-64-65(63-72-66(69)60-57-54-51-48-21-18-15-12-9-6-3)74-68(71)62-59-56-53-50-47-45-43-41-39-37-35-33-31-29-27-25-23-20-17-14-11-8-5-2/h7,10,16,19,24,26,29-32,36,38,42,44,49,52,65H,4-6,8-9,11-15,17-18,20-23,25,27-28,33-35,37,39-41,43,45-48,50-51,53-64H2,1-3H3/b10-7-,19-16-,26-24-,31-29-,32-30-,38-36-,44-42-,52-49-. The van der Waals surface area contributed by atoms with Gasteiger partial charge in [0.2, 0.25) is 0 Å². The van der Waals surface area contributed by atoms with E-state index in [1.807, 2.05) is 0 Å². The first-order valence-electron chi connectivity index (χ1n) is 31.2. The maximum atomic E-state index is 12.9. The molecule has 0 bridgehead atoms. The summed E-state index contributed by atoms with van der Waals surface area (Å²) in [5.74, 6) is -0.951. The SMILES string of the molecule is CC/C=C\C/C=C\C/C=C\C/C=C\C/C=C\C/C=C\C/C=C\CCCC(=O)OCC(COC(=O)CCCCCCCCCCCC)OC(=O)CCCCCCCCCCCCC/C=C\CCCCCCCCCC. The van der Waals surface area contributed by atoms with Crippen molar-refractivity contribution in [3.05, 3.63) is 97.2 Å². The molecule has 0 amide bonds. The van der Waals surface area contributed by atoms with E-state index in [9.17, 15) is 14.4 Å². The van der Waals surface area contributed by atoms with E-state index in [2.05, 4.69) is 118 Å². The lowest BCUT2D eigenvalue weighted by Crippen LogP contribution is -2.30. The zero-order chi connectivity index (χ0) is 53.6. The first-order chi connectivity index (χ1) is 36.5. The highest BCUT2D eigenvalue weighted by atomic mass is 16.6. The Morgan fingerprint density at radius 1 is 0.284 bits per heavy atom. The molecule has 1 atom stereocenters. The van der Waals surface area contributed by atoms with Crippen LogP contribution >= 0.6 is 0 Å². The Balaban J connectivity index is 4.36. The van der Waals surface area contributed by atoms with Crippen molar-refractivity contribution >= 4 is 17.9 Å². The van der Waals surface area contributed by atoms with Gasteiger partial charge < -0.3 is 14.2 Å². The fraction of sp³-hybridized carbons (Fsp3) is 0.721. The van der Waals surface area contributed by atoms with Gasteiger partial charge in [0.1, 0.15) is 13.2 Å². The van der Waals surface area contributed by atoms with Gasteiger partial charge in [-0.1, -0.05) is 279 Å². The maximum absolute atomic E-state index is 12.9. The number of esters is 3. The van der Waals surface area contributed by atoms with Crippen molar-refractivity contribution in [3.8, 4) is 0 Å². The number of carbonyl (C=O) groups excluding carboxylic acids is 3. The van der Waals surface area contributed by atoms with Crippen molar-refractivity contribution < 1.29 is 28.6 Å². The van der Waals surface area contributed by atoms with Crippen LogP contribution in [0, 0.1) is 0 Å². The normalized spacial score (nSPS) is 12.7. The number of allylic oxidation sites excluding steroid dienone is 16. The quantitative estimate of drug-likeness (QED) is 0.0261. The Labute approximate surface area is 457 Å². The monoisotopic (exact) mass is 1030 g/mol. The van der Waals surface area contributed by atoms with Crippen molar-refractivity contribution in [1.29, 1.82) is 0 Å². The van der Waals surface area contributed by atoms with Crippen LogP contribution in [0.3, 0.4) is 0 Å². The highest BCUT2D eigenvalue weighted by Gasteiger charge is 2.19. The van der Waals surface area contributed by atoms with Crippen LogP contribution in [-0.4, -0.2) is 37.2 Å². The van der Waals surface area contributed by atoms with Gasteiger partial charge in [0, 0.05) is 19.3 Å². The second-order valence-electron chi connectivity index (χ2n) is 20.6. The first kappa shape index (κ1) is 70.3. The van der Waals surface area contributed by atoms with Crippen LogP contribution in [0.4, 0.5) is 0 Å². The summed E-state index contributed by atoms with van der Waals surface area (Å²) in [7, 11) is 0. The van der Waals surface area contributed by atoms with E-state index >= 15 is 0 Å². The average molecular weight is 1030 g/mol. The molecule has 0 rings (SSSR count). The molecule has 0 saturated heterocycles. The van der Waals surface area contributed by atoms with Gasteiger partial charge in [-0.25, -0.2) is 0 Å². The Morgan fingerprint density at radius 2 is 0.541 bits per heavy atom. The molecule has 74 heavy (non-hydrogen) atoms. The molecule has 0 aromatic carbocycles. The molecule has 0 saturated carbocycles. The summed E-state index contributed by atoms with van der Waals surface area (Å²) >= 11 is 0. The summed E-state index contributed by atoms with van der Waals surface area (Å²) in [6.07, 6.45) is 82.8.